The van der Waals surface area contributed by atoms with Crippen LogP contribution in [0.3, 0.4) is 0 Å². The molecule has 0 saturated carbocycles. The molecule has 0 atom stereocenters. The lowest BCUT2D eigenvalue weighted by Crippen LogP contribution is -2.28. The number of hydrogen-bond acceptors (Lipinski definition) is 6. The summed E-state index contributed by atoms with van der Waals surface area (Å²) in [6.07, 6.45) is 0. The maximum Gasteiger partial charge on any atom is 0.325 e. The number of nitrogens with zero attached hydrogens (tertiary/aromatic N) is 2. The maximum absolute atomic E-state index is 11.5. The summed E-state index contributed by atoms with van der Waals surface area (Å²) in [4.78, 5) is 34.9. The van der Waals surface area contributed by atoms with E-state index < -0.39 is 16.8 Å². The van der Waals surface area contributed by atoms with Crippen LogP contribution in [-0.4, -0.2) is 44.0 Å². The Hall–Kier alpha value is -2.64. The van der Waals surface area contributed by atoms with Crippen LogP contribution in [0.5, 0.6) is 0 Å². The lowest BCUT2D eigenvalue weighted by atomic mass is 10.1. The number of amides is 1. The Balaban J connectivity index is 3.09. The maximum atomic E-state index is 11.5. The Bertz CT molecular complexity index is 559. The highest BCUT2D eigenvalue weighted by Gasteiger charge is 2.21. The number of hydrogen-bond donors (Lipinski definition) is 1. The van der Waals surface area contributed by atoms with Crippen molar-refractivity contribution in [3.63, 3.8) is 0 Å². The second kappa shape index (κ2) is 7.22. The monoisotopic (exact) mass is 295 g/mol. The van der Waals surface area contributed by atoms with Gasteiger partial charge in [0.2, 0.25) is 0 Å². The van der Waals surface area contributed by atoms with Crippen LogP contribution in [0.2, 0.25) is 0 Å². The number of benzene rings is 1. The molecule has 0 bridgehead atoms. The van der Waals surface area contributed by atoms with Crippen molar-refractivity contribution in [2.45, 2.75) is 6.92 Å². The number of ether oxygens (including phenoxy) is 1. The second-order valence-electron chi connectivity index (χ2n) is 4.20. The highest BCUT2D eigenvalue weighted by Crippen LogP contribution is 2.28. The molecule has 8 nitrogen and oxygen atoms in total. The number of carbonyl (C=O) groups excluding carboxylic acids is 2. The van der Waals surface area contributed by atoms with Crippen LogP contribution >= 0.6 is 0 Å². The van der Waals surface area contributed by atoms with Gasteiger partial charge in [0.1, 0.15) is 12.2 Å². The quantitative estimate of drug-likeness (QED) is 0.476. The van der Waals surface area contributed by atoms with Gasteiger partial charge in [-0.1, -0.05) is 0 Å². The number of likely N-dealkylation sites (N-methyl/N-ethyl adjacent to an activating group) is 1. The van der Waals surface area contributed by atoms with Gasteiger partial charge in [-0.15, -0.1) is 0 Å². The van der Waals surface area contributed by atoms with Gasteiger partial charge in [-0.25, -0.2) is 0 Å². The molecule has 0 unspecified atom stereocenters. The number of nitrogens with one attached hydrogen (secondary N) is 1. The van der Waals surface area contributed by atoms with Crippen molar-refractivity contribution >= 4 is 23.3 Å². The summed E-state index contributed by atoms with van der Waals surface area (Å²) in [5.41, 5.74) is 0.168. The van der Waals surface area contributed by atoms with Crippen LogP contribution in [0, 0.1) is 10.1 Å². The topological polar surface area (TPSA) is 102 Å². The van der Waals surface area contributed by atoms with E-state index in [1.807, 2.05) is 0 Å². The number of rotatable bonds is 6. The molecule has 0 aliphatic rings. The van der Waals surface area contributed by atoms with Gasteiger partial charge in [-0.3, -0.25) is 19.7 Å². The summed E-state index contributed by atoms with van der Waals surface area (Å²) in [6.45, 7) is 1.80. The summed E-state index contributed by atoms with van der Waals surface area (Å²) < 4.78 is 4.80. The van der Waals surface area contributed by atoms with E-state index >= 15 is 0 Å². The molecule has 1 aromatic carbocycles. The van der Waals surface area contributed by atoms with Crippen LogP contribution in [0.25, 0.3) is 0 Å². The Morgan fingerprint density at radius 2 is 2.10 bits per heavy atom. The minimum absolute atomic E-state index is 0.117. The lowest BCUT2D eigenvalue weighted by Gasteiger charge is -2.18. The predicted octanol–water partition coefficient (Wildman–Crippen LogP) is 0.954. The summed E-state index contributed by atoms with van der Waals surface area (Å²) in [5.74, 6) is -0.901. The van der Waals surface area contributed by atoms with Gasteiger partial charge >= 0.3 is 5.97 Å². The fraction of sp³-hybridized carbons (Fsp3) is 0.385. The first-order valence-electron chi connectivity index (χ1n) is 6.28. The van der Waals surface area contributed by atoms with E-state index in [2.05, 4.69) is 5.32 Å². The van der Waals surface area contributed by atoms with Crippen molar-refractivity contribution in [1.29, 1.82) is 0 Å². The van der Waals surface area contributed by atoms with Gasteiger partial charge < -0.3 is 15.0 Å². The van der Waals surface area contributed by atoms with E-state index in [1.165, 1.54) is 30.1 Å². The first-order chi connectivity index (χ1) is 9.90. The molecule has 0 aliphatic heterocycles. The van der Waals surface area contributed by atoms with Crippen LogP contribution in [0.15, 0.2) is 18.2 Å². The normalized spacial score (nSPS) is 9.86. The first kappa shape index (κ1) is 16.4. The average Bonchev–Trinajstić information content (AvgIpc) is 2.45. The van der Waals surface area contributed by atoms with Crippen molar-refractivity contribution in [2.24, 2.45) is 0 Å². The molecule has 1 rings (SSSR count). The smallest absolute Gasteiger partial charge is 0.325 e. The van der Waals surface area contributed by atoms with E-state index in [1.54, 1.807) is 14.0 Å². The van der Waals surface area contributed by atoms with E-state index in [-0.39, 0.29) is 30.1 Å². The summed E-state index contributed by atoms with van der Waals surface area (Å²) in [7, 11) is 2.98. The zero-order valence-electron chi connectivity index (χ0n) is 12.1. The van der Waals surface area contributed by atoms with Gasteiger partial charge in [-0.2, -0.15) is 0 Å². The number of carbonyl (C=O) groups is 2. The van der Waals surface area contributed by atoms with E-state index in [9.17, 15) is 19.7 Å². The first-order valence-corrected chi connectivity index (χ1v) is 6.28. The molecule has 0 saturated heterocycles. The zero-order chi connectivity index (χ0) is 16.0. The van der Waals surface area contributed by atoms with Crippen LogP contribution in [0.1, 0.15) is 17.3 Å². The van der Waals surface area contributed by atoms with Crippen LogP contribution < -0.4 is 10.2 Å². The standard InChI is InChI=1S/C13H17N3O5/c1-4-21-12(17)8-15(3)10-6-5-9(13(18)14-2)7-11(10)16(19)20/h5-7H,4,8H2,1-3H3,(H,14,18). The fourth-order valence-corrected chi connectivity index (χ4v) is 1.76. The van der Waals surface area contributed by atoms with Crippen molar-refractivity contribution in [3.8, 4) is 0 Å². The third-order valence-corrected chi connectivity index (χ3v) is 2.74. The highest BCUT2D eigenvalue weighted by atomic mass is 16.6. The second-order valence-corrected chi connectivity index (χ2v) is 4.20. The molecule has 8 heteroatoms. The van der Waals surface area contributed by atoms with Crippen molar-refractivity contribution < 1.29 is 19.2 Å². The van der Waals surface area contributed by atoms with Crippen molar-refractivity contribution in [2.75, 3.05) is 32.1 Å². The van der Waals surface area contributed by atoms with Crippen LogP contribution in [0.4, 0.5) is 11.4 Å². The molecule has 1 N–H and O–H groups in total. The molecule has 1 aromatic rings. The molecule has 0 aliphatic carbocycles. The molecule has 0 radical (unpaired) electrons. The molecule has 21 heavy (non-hydrogen) atoms. The molecule has 1 amide bonds. The lowest BCUT2D eigenvalue weighted by molar-refractivity contribution is -0.384. The summed E-state index contributed by atoms with van der Waals surface area (Å²) in [5, 5.41) is 13.5. The number of nitro benzene ring substituents is 1. The van der Waals surface area contributed by atoms with Gasteiger partial charge in [0.25, 0.3) is 11.6 Å². The number of nitro groups is 1. The summed E-state index contributed by atoms with van der Waals surface area (Å²) >= 11 is 0. The third-order valence-electron chi connectivity index (χ3n) is 2.74. The Kier molecular flexibility index (Phi) is 5.65. The van der Waals surface area contributed by atoms with Gasteiger partial charge in [0, 0.05) is 25.7 Å². The van der Waals surface area contributed by atoms with E-state index in [0.29, 0.717) is 0 Å². The molecule has 0 fully saturated rings. The number of anilines is 1. The van der Waals surface area contributed by atoms with E-state index in [0.717, 1.165) is 0 Å². The van der Waals surface area contributed by atoms with E-state index in [4.69, 9.17) is 4.74 Å². The molecule has 114 valence electrons. The predicted molar refractivity (Wildman–Crippen MR) is 76.4 cm³/mol. The minimum Gasteiger partial charge on any atom is -0.465 e. The fourth-order valence-electron chi connectivity index (χ4n) is 1.76. The molecule has 0 spiro atoms. The average molecular weight is 295 g/mol. The Morgan fingerprint density at radius 1 is 1.43 bits per heavy atom. The number of esters is 1. The van der Waals surface area contributed by atoms with Crippen LogP contribution in [-0.2, 0) is 9.53 Å². The van der Waals surface area contributed by atoms with Gasteiger partial charge in [-0.05, 0) is 19.1 Å². The van der Waals surface area contributed by atoms with Crippen molar-refractivity contribution in [1.82, 2.24) is 5.32 Å². The Morgan fingerprint density at radius 3 is 2.62 bits per heavy atom. The van der Waals surface area contributed by atoms with Gasteiger partial charge in [0.05, 0.1) is 11.5 Å². The SMILES string of the molecule is CCOC(=O)CN(C)c1ccc(C(=O)NC)cc1[N+](=O)[O-]. The molecule has 0 aromatic heterocycles. The van der Waals surface area contributed by atoms with Crippen molar-refractivity contribution in [3.05, 3.63) is 33.9 Å². The summed E-state index contributed by atoms with van der Waals surface area (Å²) in [6, 6.07) is 4.07. The highest BCUT2D eigenvalue weighted by molar-refractivity contribution is 5.95. The van der Waals surface area contributed by atoms with Gasteiger partial charge in [0.15, 0.2) is 0 Å². The molecular formula is C13H17N3O5. The molecular weight excluding hydrogens is 278 g/mol. The largest absolute Gasteiger partial charge is 0.465 e. The Labute approximate surface area is 121 Å². The molecule has 0 heterocycles. The third kappa shape index (κ3) is 4.16. The zero-order valence-corrected chi connectivity index (χ0v) is 12.1. The minimum atomic E-state index is -0.594.